The molecule has 108 valence electrons. The molecule has 1 fully saturated rings. The van der Waals surface area contributed by atoms with E-state index in [-0.39, 0.29) is 5.92 Å². The Labute approximate surface area is 125 Å². The Bertz CT molecular complexity index is 716. The van der Waals surface area contributed by atoms with Crippen LogP contribution in [0.3, 0.4) is 0 Å². The number of hydrogen-bond acceptors (Lipinski definition) is 2. The van der Waals surface area contributed by atoms with Crippen LogP contribution in [-0.2, 0) is 24.7 Å². The van der Waals surface area contributed by atoms with Gasteiger partial charge in [-0.1, -0.05) is 24.3 Å². The summed E-state index contributed by atoms with van der Waals surface area (Å²) in [5.74, 6) is 1.70. The third-order valence-electron chi connectivity index (χ3n) is 5.16. The quantitative estimate of drug-likeness (QED) is 0.866. The first-order valence-electron chi connectivity index (χ1n) is 7.75. The maximum atomic E-state index is 12.7. The predicted octanol–water partition coefficient (Wildman–Crippen LogP) is 2.82. The smallest absolute Gasteiger partial charge is 0.142 e. The van der Waals surface area contributed by atoms with Gasteiger partial charge < -0.3 is 0 Å². The van der Waals surface area contributed by atoms with E-state index in [0.717, 1.165) is 17.8 Å². The highest BCUT2D eigenvalue weighted by atomic mass is 16.1. The van der Waals surface area contributed by atoms with E-state index < -0.39 is 0 Å². The molecule has 3 heteroatoms. The van der Waals surface area contributed by atoms with Crippen LogP contribution in [0.5, 0.6) is 0 Å². The van der Waals surface area contributed by atoms with Gasteiger partial charge in [0.15, 0.2) is 0 Å². The van der Waals surface area contributed by atoms with E-state index in [1.807, 2.05) is 24.7 Å². The van der Waals surface area contributed by atoms with Crippen LogP contribution in [0.15, 0.2) is 30.3 Å². The van der Waals surface area contributed by atoms with Gasteiger partial charge in [-0.05, 0) is 48.8 Å². The standard InChI is InChI=1S/C18H20N2O/c1-11-9-13(20(2)19-11)10-16(21)18-15-8-7-12-5-3-4-6-14(12)17(15)18/h3-6,9,15,17-18H,7-8,10H2,1-2H3. The Morgan fingerprint density at radius 3 is 2.95 bits per heavy atom. The molecule has 1 aromatic carbocycles. The van der Waals surface area contributed by atoms with Crippen molar-refractivity contribution in [3.8, 4) is 0 Å². The van der Waals surface area contributed by atoms with Gasteiger partial charge in [-0.3, -0.25) is 9.48 Å². The number of carbonyl (C=O) groups excluding carboxylic acids is 1. The van der Waals surface area contributed by atoms with Crippen LogP contribution in [0.1, 0.15) is 34.9 Å². The lowest BCUT2D eigenvalue weighted by Gasteiger charge is -2.13. The highest BCUT2D eigenvalue weighted by molar-refractivity contribution is 5.87. The topological polar surface area (TPSA) is 34.9 Å². The van der Waals surface area contributed by atoms with Gasteiger partial charge in [0.2, 0.25) is 0 Å². The van der Waals surface area contributed by atoms with Crippen LogP contribution < -0.4 is 0 Å². The average Bonchev–Trinajstić information content (AvgIpc) is 3.13. The summed E-state index contributed by atoms with van der Waals surface area (Å²) >= 11 is 0. The molecule has 1 aromatic heterocycles. The molecular formula is C18H20N2O. The third kappa shape index (κ3) is 2.03. The Kier molecular flexibility index (Phi) is 2.78. The molecule has 0 N–H and O–H groups in total. The molecule has 1 heterocycles. The van der Waals surface area contributed by atoms with E-state index in [9.17, 15) is 4.79 Å². The molecular weight excluding hydrogens is 260 g/mol. The molecule has 4 rings (SSSR count). The number of hydrogen-bond donors (Lipinski definition) is 0. The maximum absolute atomic E-state index is 12.7. The number of ketones is 1. The monoisotopic (exact) mass is 280 g/mol. The highest BCUT2D eigenvalue weighted by Gasteiger charge is 2.56. The number of carbonyl (C=O) groups is 1. The number of nitrogens with zero attached hydrogens (tertiary/aromatic N) is 2. The molecule has 0 radical (unpaired) electrons. The summed E-state index contributed by atoms with van der Waals surface area (Å²) < 4.78 is 1.84. The Morgan fingerprint density at radius 2 is 2.19 bits per heavy atom. The Balaban J connectivity index is 1.54. The molecule has 3 unspecified atom stereocenters. The minimum Gasteiger partial charge on any atom is -0.299 e. The van der Waals surface area contributed by atoms with Gasteiger partial charge in [0.05, 0.1) is 5.69 Å². The van der Waals surface area contributed by atoms with Crippen molar-refractivity contribution < 1.29 is 4.79 Å². The summed E-state index contributed by atoms with van der Waals surface area (Å²) in [6.45, 7) is 1.97. The summed E-state index contributed by atoms with van der Waals surface area (Å²) in [4.78, 5) is 12.7. The fourth-order valence-electron chi connectivity index (χ4n) is 4.13. The number of aromatic nitrogens is 2. The number of fused-ring (bicyclic) bond motifs is 3. The van der Waals surface area contributed by atoms with Gasteiger partial charge in [0, 0.05) is 25.1 Å². The molecule has 3 atom stereocenters. The molecule has 1 saturated carbocycles. The molecule has 0 saturated heterocycles. The van der Waals surface area contributed by atoms with E-state index in [2.05, 4.69) is 29.4 Å². The zero-order chi connectivity index (χ0) is 14.6. The molecule has 2 aromatic rings. The summed E-state index contributed by atoms with van der Waals surface area (Å²) in [6, 6.07) is 10.7. The van der Waals surface area contributed by atoms with Gasteiger partial charge >= 0.3 is 0 Å². The van der Waals surface area contributed by atoms with Crippen LogP contribution in [0.25, 0.3) is 0 Å². The van der Waals surface area contributed by atoms with Crippen LogP contribution in [0.4, 0.5) is 0 Å². The van der Waals surface area contributed by atoms with Crippen molar-refractivity contribution in [3.63, 3.8) is 0 Å². The fraction of sp³-hybridized carbons (Fsp3) is 0.444. The fourth-order valence-corrected chi connectivity index (χ4v) is 4.13. The zero-order valence-corrected chi connectivity index (χ0v) is 12.5. The van der Waals surface area contributed by atoms with Gasteiger partial charge in [0.25, 0.3) is 0 Å². The third-order valence-corrected chi connectivity index (χ3v) is 5.16. The van der Waals surface area contributed by atoms with E-state index >= 15 is 0 Å². The second-order valence-corrected chi connectivity index (χ2v) is 6.50. The zero-order valence-electron chi connectivity index (χ0n) is 12.5. The van der Waals surface area contributed by atoms with Crippen LogP contribution in [-0.4, -0.2) is 15.6 Å². The van der Waals surface area contributed by atoms with Gasteiger partial charge in [-0.15, -0.1) is 0 Å². The van der Waals surface area contributed by atoms with E-state index in [1.165, 1.54) is 17.5 Å². The lowest BCUT2D eigenvalue weighted by molar-refractivity contribution is -0.120. The molecule has 2 aliphatic rings. The lowest BCUT2D eigenvalue weighted by atomic mass is 9.92. The first-order valence-corrected chi connectivity index (χ1v) is 7.75. The van der Waals surface area contributed by atoms with Crippen molar-refractivity contribution in [1.29, 1.82) is 0 Å². The summed E-state index contributed by atoms with van der Waals surface area (Å²) in [6.07, 6.45) is 2.83. The largest absolute Gasteiger partial charge is 0.299 e. The number of Topliss-reactive ketones (excluding diaryl/α,β-unsaturated/α-hetero) is 1. The van der Waals surface area contributed by atoms with Crippen molar-refractivity contribution >= 4 is 5.78 Å². The van der Waals surface area contributed by atoms with Crippen molar-refractivity contribution in [2.45, 2.75) is 32.1 Å². The SMILES string of the molecule is Cc1cc(CC(=O)C2C3CCc4ccccc4C32)n(C)n1. The van der Waals surface area contributed by atoms with E-state index in [4.69, 9.17) is 0 Å². The number of benzene rings is 1. The summed E-state index contributed by atoms with van der Waals surface area (Å²) in [5, 5.41) is 4.33. The van der Waals surface area contributed by atoms with E-state index in [0.29, 0.717) is 24.0 Å². The van der Waals surface area contributed by atoms with Crippen LogP contribution in [0.2, 0.25) is 0 Å². The molecule has 0 aliphatic heterocycles. The molecule has 2 aliphatic carbocycles. The molecule has 0 spiro atoms. The Morgan fingerprint density at radius 1 is 1.38 bits per heavy atom. The van der Waals surface area contributed by atoms with Crippen LogP contribution >= 0.6 is 0 Å². The highest BCUT2D eigenvalue weighted by Crippen LogP contribution is 2.60. The maximum Gasteiger partial charge on any atom is 0.142 e. The van der Waals surface area contributed by atoms with Gasteiger partial charge in [-0.2, -0.15) is 5.10 Å². The molecule has 0 bridgehead atoms. The van der Waals surface area contributed by atoms with E-state index in [1.54, 1.807) is 0 Å². The molecule has 21 heavy (non-hydrogen) atoms. The lowest BCUT2D eigenvalue weighted by Crippen LogP contribution is -2.10. The second kappa shape index (κ2) is 4.55. The predicted molar refractivity (Wildman–Crippen MR) is 81.1 cm³/mol. The van der Waals surface area contributed by atoms with Gasteiger partial charge in [-0.25, -0.2) is 0 Å². The van der Waals surface area contributed by atoms with Crippen molar-refractivity contribution in [3.05, 3.63) is 52.8 Å². The average molecular weight is 280 g/mol. The normalized spacial score (nSPS) is 26.1. The summed E-state index contributed by atoms with van der Waals surface area (Å²) in [7, 11) is 1.92. The second-order valence-electron chi connectivity index (χ2n) is 6.50. The van der Waals surface area contributed by atoms with Crippen molar-refractivity contribution in [2.24, 2.45) is 18.9 Å². The van der Waals surface area contributed by atoms with Crippen molar-refractivity contribution in [1.82, 2.24) is 9.78 Å². The first kappa shape index (κ1) is 12.8. The van der Waals surface area contributed by atoms with Crippen molar-refractivity contribution in [2.75, 3.05) is 0 Å². The first-order chi connectivity index (χ1) is 10.1. The molecule has 3 nitrogen and oxygen atoms in total. The number of aryl methyl sites for hydroxylation is 3. The minimum atomic E-state index is 0.240. The Hall–Kier alpha value is -1.90. The van der Waals surface area contributed by atoms with Gasteiger partial charge in [0.1, 0.15) is 5.78 Å². The summed E-state index contributed by atoms with van der Waals surface area (Å²) in [5.41, 5.74) is 4.90. The molecule has 0 amide bonds. The van der Waals surface area contributed by atoms with Crippen LogP contribution in [0, 0.1) is 18.8 Å². The number of rotatable bonds is 3. The minimum absolute atomic E-state index is 0.240.